The quantitative estimate of drug-likeness (QED) is 0.625. The molecule has 0 aliphatic carbocycles. The highest BCUT2D eigenvalue weighted by atomic mass is 32.2. The molecule has 1 fully saturated rings. The number of esters is 1. The number of hydrogen-bond donors (Lipinski definition) is 1. The number of carbonyl (C=O) groups excluding carboxylic acids is 2. The number of hydrogen-bond acceptors (Lipinski definition) is 5. The van der Waals surface area contributed by atoms with Gasteiger partial charge in [0.25, 0.3) is 5.91 Å². The fourth-order valence-electron chi connectivity index (χ4n) is 4.25. The Labute approximate surface area is 196 Å². The second kappa shape index (κ2) is 10.5. The van der Waals surface area contributed by atoms with Gasteiger partial charge in [-0.25, -0.2) is 8.42 Å². The molecule has 1 N–H and O–H groups in total. The molecule has 1 amide bonds. The van der Waals surface area contributed by atoms with Gasteiger partial charge in [-0.1, -0.05) is 47.5 Å². The zero-order valence-electron chi connectivity index (χ0n) is 19.7. The van der Waals surface area contributed by atoms with Gasteiger partial charge in [0.15, 0.2) is 6.61 Å². The van der Waals surface area contributed by atoms with Crippen LogP contribution < -0.4 is 5.32 Å². The third-order valence-corrected chi connectivity index (χ3v) is 8.15. The molecular weight excluding hydrogens is 440 g/mol. The van der Waals surface area contributed by atoms with Gasteiger partial charge in [0.2, 0.25) is 10.0 Å². The Hall–Kier alpha value is -2.71. The van der Waals surface area contributed by atoms with E-state index in [4.69, 9.17) is 4.74 Å². The lowest BCUT2D eigenvalue weighted by Gasteiger charge is -2.31. The predicted octanol–water partition coefficient (Wildman–Crippen LogP) is 3.18. The number of benzene rings is 2. The van der Waals surface area contributed by atoms with E-state index in [1.54, 1.807) is 13.8 Å². The summed E-state index contributed by atoms with van der Waals surface area (Å²) in [5, 5.41) is 2.73. The van der Waals surface area contributed by atoms with Crippen molar-refractivity contribution in [1.82, 2.24) is 9.62 Å². The van der Waals surface area contributed by atoms with Crippen molar-refractivity contribution in [2.45, 2.75) is 52.0 Å². The monoisotopic (exact) mass is 472 g/mol. The minimum atomic E-state index is -3.63. The number of nitrogens with one attached hydrogen (secondary N) is 1. The summed E-state index contributed by atoms with van der Waals surface area (Å²) in [5.74, 6) is -1.24. The molecular formula is C25H32N2O5S. The normalized spacial score (nSPS) is 15.3. The van der Waals surface area contributed by atoms with Gasteiger partial charge in [-0.3, -0.25) is 9.59 Å². The van der Waals surface area contributed by atoms with Crippen LogP contribution in [0.4, 0.5) is 0 Å². The summed E-state index contributed by atoms with van der Waals surface area (Å²) in [7, 11) is -3.63. The van der Waals surface area contributed by atoms with E-state index >= 15 is 0 Å². The van der Waals surface area contributed by atoms with Crippen molar-refractivity contribution in [2.24, 2.45) is 5.92 Å². The van der Waals surface area contributed by atoms with Crippen molar-refractivity contribution < 1.29 is 22.7 Å². The molecule has 0 aromatic heterocycles. The molecule has 0 saturated carbocycles. The molecule has 0 bridgehead atoms. The van der Waals surface area contributed by atoms with Gasteiger partial charge in [-0.15, -0.1) is 0 Å². The van der Waals surface area contributed by atoms with Crippen molar-refractivity contribution in [1.29, 1.82) is 0 Å². The van der Waals surface area contributed by atoms with Crippen molar-refractivity contribution >= 4 is 21.9 Å². The molecule has 178 valence electrons. The maximum Gasteiger partial charge on any atom is 0.309 e. The molecule has 7 nitrogen and oxygen atoms in total. The number of ether oxygens (including phenoxy) is 1. The minimum absolute atomic E-state index is 0.245. The summed E-state index contributed by atoms with van der Waals surface area (Å²) in [4.78, 5) is 24.8. The molecule has 0 unspecified atom stereocenters. The summed E-state index contributed by atoms with van der Waals surface area (Å²) in [6, 6.07) is 11.5. The van der Waals surface area contributed by atoms with Crippen LogP contribution in [-0.2, 0) is 30.9 Å². The maximum atomic E-state index is 13.2. The lowest BCUT2D eigenvalue weighted by Crippen LogP contribution is -2.41. The first-order valence-electron chi connectivity index (χ1n) is 11.1. The van der Waals surface area contributed by atoms with Crippen LogP contribution in [0, 0.1) is 33.6 Å². The van der Waals surface area contributed by atoms with Crippen LogP contribution in [0.1, 0.15) is 40.7 Å². The molecule has 0 spiro atoms. The highest BCUT2D eigenvalue weighted by Crippen LogP contribution is 2.29. The Kier molecular flexibility index (Phi) is 7.92. The lowest BCUT2D eigenvalue weighted by atomic mass is 9.98. The first kappa shape index (κ1) is 24.9. The summed E-state index contributed by atoms with van der Waals surface area (Å²) >= 11 is 0. The fourth-order valence-corrected chi connectivity index (χ4v) is 6.13. The SMILES string of the molecule is Cc1ccc(CNC(=O)COC(=O)C2CCN(S(=O)(=O)c3c(C)cc(C)cc3C)CC2)cc1. The summed E-state index contributed by atoms with van der Waals surface area (Å²) in [6.07, 6.45) is 0.736. The first-order chi connectivity index (χ1) is 15.6. The van der Waals surface area contributed by atoms with E-state index in [2.05, 4.69) is 5.32 Å². The Bertz CT molecular complexity index is 1090. The highest BCUT2D eigenvalue weighted by Gasteiger charge is 2.34. The van der Waals surface area contributed by atoms with Gasteiger partial charge < -0.3 is 10.1 Å². The summed E-state index contributed by atoms with van der Waals surface area (Å²) in [5.41, 5.74) is 4.58. The smallest absolute Gasteiger partial charge is 0.309 e. The van der Waals surface area contributed by atoms with Crippen molar-refractivity contribution in [3.63, 3.8) is 0 Å². The second-order valence-corrected chi connectivity index (χ2v) is 10.7. The minimum Gasteiger partial charge on any atom is -0.455 e. The van der Waals surface area contributed by atoms with Crippen LogP contribution in [-0.4, -0.2) is 44.3 Å². The topological polar surface area (TPSA) is 92.8 Å². The van der Waals surface area contributed by atoms with Gasteiger partial charge in [0, 0.05) is 19.6 Å². The fraction of sp³-hybridized carbons (Fsp3) is 0.440. The molecule has 0 radical (unpaired) electrons. The average molecular weight is 473 g/mol. The third-order valence-electron chi connectivity index (χ3n) is 5.95. The Morgan fingerprint density at radius 3 is 2.12 bits per heavy atom. The molecule has 2 aromatic rings. The van der Waals surface area contributed by atoms with E-state index in [9.17, 15) is 18.0 Å². The Morgan fingerprint density at radius 1 is 0.970 bits per heavy atom. The van der Waals surface area contributed by atoms with Gasteiger partial charge >= 0.3 is 5.97 Å². The number of aryl methyl sites for hydroxylation is 4. The van der Waals surface area contributed by atoms with Crippen LogP contribution in [0.2, 0.25) is 0 Å². The van der Waals surface area contributed by atoms with E-state index in [-0.39, 0.29) is 25.6 Å². The Balaban J connectivity index is 1.48. The number of carbonyl (C=O) groups is 2. The third kappa shape index (κ3) is 6.21. The molecule has 33 heavy (non-hydrogen) atoms. The Morgan fingerprint density at radius 2 is 1.55 bits per heavy atom. The standard InChI is InChI=1S/C25H32N2O5S/c1-17-5-7-21(8-6-17)15-26-23(28)16-32-25(29)22-9-11-27(12-10-22)33(30,31)24-19(3)13-18(2)14-20(24)4/h5-8,13-14,22H,9-12,15-16H2,1-4H3,(H,26,28). The molecule has 1 aliphatic heterocycles. The predicted molar refractivity (Wildman–Crippen MR) is 126 cm³/mol. The number of piperidine rings is 1. The number of amides is 1. The van der Waals surface area contributed by atoms with Gasteiger partial charge in [0.1, 0.15) is 0 Å². The molecule has 0 atom stereocenters. The van der Waals surface area contributed by atoms with Crippen LogP contribution in [0.3, 0.4) is 0 Å². The summed E-state index contributed by atoms with van der Waals surface area (Å²) < 4.78 is 33.0. The number of rotatable bonds is 7. The van der Waals surface area contributed by atoms with Crippen LogP contribution in [0.5, 0.6) is 0 Å². The van der Waals surface area contributed by atoms with Crippen molar-refractivity contribution in [2.75, 3.05) is 19.7 Å². The number of sulfonamides is 1. The van der Waals surface area contributed by atoms with Crippen LogP contribution in [0.15, 0.2) is 41.3 Å². The van der Waals surface area contributed by atoms with Gasteiger partial charge in [-0.2, -0.15) is 4.31 Å². The average Bonchev–Trinajstić information content (AvgIpc) is 2.76. The second-order valence-electron chi connectivity index (χ2n) is 8.78. The highest BCUT2D eigenvalue weighted by molar-refractivity contribution is 7.89. The maximum absolute atomic E-state index is 13.2. The largest absolute Gasteiger partial charge is 0.455 e. The van der Waals surface area contributed by atoms with Gasteiger partial charge in [0.05, 0.1) is 10.8 Å². The van der Waals surface area contributed by atoms with Crippen molar-refractivity contribution in [3.8, 4) is 0 Å². The molecule has 8 heteroatoms. The molecule has 1 heterocycles. The van der Waals surface area contributed by atoms with Crippen LogP contribution >= 0.6 is 0 Å². The zero-order valence-corrected chi connectivity index (χ0v) is 20.5. The van der Waals surface area contributed by atoms with Crippen molar-refractivity contribution in [3.05, 3.63) is 64.2 Å². The molecule has 1 saturated heterocycles. The van der Waals surface area contributed by atoms with E-state index in [0.717, 1.165) is 27.8 Å². The summed E-state index contributed by atoms with van der Waals surface area (Å²) in [6.45, 7) is 8.06. The molecule has 3 rings (SSSR count). The van der Waals surface area contributed by atoms with E-state index in [1.165, 1.54) is 4.31 Å². The van der Waals surface area contributed by atoms with E-state index < -0.39 is 21.9 Å². The molecule has 1 aliphatic rings. The number of nitrogens with zero attached hydrogens (tertiary/aromatic N) is 1. The molecule has 2 aromatic carbocycles. The van der Waals surface area contributed by atoms with E-state index in [1.807, 2.05) is 50.2 Å². The lowest BCUT2D eigenvalue weighted by molar-refractivity contribution is -0.153. The van der Waals surface area contributed by atoms with Gasteiger partial charge in [-0.05, 0) is 57.2 Å². The van der Waals surface area contributed by atoms with E-state index in [0.29, 0.717) is 24.3 Å². The zero-order chi connectivity index (χ0) is 24.2. The van der Waals surface area contributed by atoms with Crippen LogP contribution in [0.25, 0.3) is 0 Å². The first-order valence-corrected chi connectivity index (χ1v) is 12.6.